The molecule has 1 rings (SSSR count). The van der Waals surface area contributed by atoms with Crippen molar-refractivity contribution in [1.82, 2.24) is 0 Å². The van der Waals surface area contributed by atoms with Gasteiger partial charge >= 0.3 is 17.9 Å². The van der Waals surface area contributed by atoms with E-state index < -0.39 is 17.9 Å². The van der Waals surface area contributed by atoms with Crippen molar-refractivity contribution in [3.05, 3.63) is 40.1 Å². The molecule has 0 amide bonds. The number of carboxylic acid groups (broad SMARTS) is 1. The maximum absolute atomic E-state index is 11.7. The van der Waals surface area contributed by atoms with Gasteiger partial charge in [0, 0.05) is 5.02 Å². The Labute approximate surface area is 131 Å². The molecule has 118 valence electrons. The summed E-state index contributed by atoms with van der Waals surface area (Å²) >= 11 is 5.96. The van der Waals surface area contributed by atoms with E-state index >= 15 is 0 Å². The molecule has 0 fully saturated rings. The number of methoxy groups -OCH3 is 2. The molecule has 0 aliphatic rings. The second kappa shape index (κ2) is 7.46. The summed E-state index contributed by atoms with van der Waals surface area (Å²) in [6.07, 6.45) is 0.852. The Bertz CT molecular complexity index is 653. The van der Waals surface area contributed by atoms with E-state index in [9.17, 15) is 19.5 Å². The lowest BCUT2D eigenvalue weighted by Crippen LogP contribution is -2.17. The SMILES string of the molecule is COC(=O)/C=C(/Nc1cc(Cl)c(C)cc1C(=O)O)C(=O)OC. The molecule has 1 aromatic rings. The maximum atomic E-state index is 11.7. The average molecular weight is 328 g/mol. The molecule has 0 aliphatic carbocycles. The molecule has 0 atom stereocenters. The van der Waals surface area contributed by atoms with Gasteiger partial charge in [-0.1, -0.05) is 11.6 Å². The van der Waals surface area contributed by atoms with Crippen molar-refractivity contribution in [1.29, 1.82) is 0 Å². The fourth-order valence-electron chi connectivity index (χ4n) is 1.54. The Balaban J connectivity index is 3.32. The fraction of sp³-hybridized carbons (Fsp3) is 0.214. The zero-order chi connectivity index (χ0) is 16.9. The summed E-state index contributed by atoms with van der Waals surface area (Å²) in [7, 11) is 2.26. The van der Waals surface area contributed by atoms with Crippen LogP contribution in [-0.2, 0) is 19.1 Å². The average Bonchev–Trinajstić information content (AvgIpc) is 2.48. The summed E-state index contributed by atoms with van der Waals surface area (Å²) < 4.78 is 8.95. The van der Waals surface area contributed by atoms with E-state index in [0.717, 1.165) is 20.3 Å². The van der Waals surface area contributed by atoms with Crippen LogP contribution in [0.1, 0.15) is 15.9 Å². The van der Waals surface area contributed by atoms with Gasteiger partial charge in [0.2, 0.25) is 0 Å². The third-order valence-electron chi connectivity index (χ3n) is 2.67. The molecular weight excluding hydrogens is 314 g/mol. The van der Waals surface area contributed by atoms with E-state index in [2.05, 4.69) is 14.8 Å². The highest BCUT2D eigenvalue weighted by atomic mass is 35.5. The molecule has 0 bridgehead atoms. The van der Waals surface area contributed by atoms with Gasteiger partial charge in [-0.3, -0.25) is 0 Å². The van der Waals surface area contributed by atoms with Crippen LogP contribution in [0.4, 0.5) is 5.69 Å². The van der Waals surface area contributed by atoms with Crippen molar-refractivity contribution >= 4 is 35.2 Å². The molecule has 0 spiro atoms. The molecule has 7 nitrogen and oxygen atoms in total. The lowest BCUT2D eigenvalue weighted by atomic mass is 10.1. The molecule has 22 heavy (non-hydrogen) atoms. The van der Waals surface area contributed by atoms with Crippen LogP contribution < -0.4 is 5.32 Å². The van der Waals surface area contributed by atoms with Gasteiger partial charge in [-0.25, -0.2) is 14.4 Å². The molecule has 0 saturated carbocycles. The summed E-state index contributed by atoms with van der Waals surface area (Å²) in [6.45, 7) is 1.64. The molecule has 0 radical (unpaired) electrons. The molecule has 0 unspecified atom stereocenters. The van der Waals surface area contributed by atoms with Gasteiger partial charge in [0.25, 0.3) is 0 Å². The lowest BCUT2D eigenvalue weighted by molar-refractivity contribution is -0.138. The number of rotatable bonds is 5. The van der Waals surface area contributed by atoms with E-state index in [1.165, 1.54) is 12.1 Å². The molecule has 0 aromatic heterocycles. The Kier molecular flexibility index (Phi) is 5.94. The zero-order valence-electron chi connectivity index (χ0n) is 12.1. The summed E-state index contributed by atoms with van der Waals surface area (Å²) in [5.74, 6) is -2.88. The maximum Gasteiger partial charge on any atom is 0.354 e. The van der Waals surface area contributed by atoms with Crippen molar-refractivity contribution in [2.75, 3.05) is 19.5 Å². The first-order chi connectivity index (χ1) is 10.3. The molecule has 0 saturated heterocycles. The van der Waals surface area contributed by atoms with Gasteiger partial charge in [0.15, 0.2) is 0 Å². The van der Waals surface area contributed by atoms with Crippen LogP contribution in [0.3, 0.4) is 0 Å². The van der Waals surface area contributed by atoms with Crippen molar-refractivity contribution < 1.29 is 29.0 Å². The summed E-state index contributed by atoms with van der Waals surface area (Å²) in [6, 6.07) is 2.69. The minimum atomic E-state index is -1.22. The Hall–Kier alpha value is -2.54. The van der Waals surface area contributed by atoms with Crippen LogP contribution in [0.25, 0.3) is 0 Å². The summed E-state index contributed by atoms with van der Waals surface area (Å²) in [4.78, 5) is 34.2. The number of hydrogen-bond donors (Lipinski definition) is 2. The highest BCUT2D eigenvalue weighted by molar-refractivity contribution is 6.31. The monoisotopic (exact) mass is 327 g/mol. The number of halogens is 1. The van der Waals surface area contributed by atoms with Gasteiger partial charge in [0.1, 0.15) is 5.70 Å². The molecule has 8 heteroatoms. The van der Waals surface area contributed by atoms with Crippen LogP contribution in [0, 0.1) is 6.92 Å². The normalized spacial score (nSPS) is 10.8. The second-order valence-electron chi connectivity index (χ2n) is 4.15. The van der Waals surface area contributed by atoms with Gasteiger partial charge in [0.05, 0.1) is 31.5 Å². The number of hydrogen-bond acceptors (Lipinski definition) is 6. The van der Waals surface area contributed by atoms with E-state index in [1.807, 2.05) is 0 Å². The quantitative estimate of drug-likeness (QED) is 0.629. The predicted octanol–water partition coefficient (Wildman–Crippen LogP) is 1.99. The molecule has 0 aliphatic heterocycles. The number of carbonyl (C=O) groups excluding carboxylic acids is 2. The van der Waals surface area contributed by atoms with E-state index in [1.54, 1.807) is 6.92 Å². The highest BCUT2D eigenvalue weighted by Gasteiger charge is 2.18. The topological polar surface area (TPSA) is 102 Å². The number of carbonyl (C=O) groups is 3. The zero-order valence-corrected chi connectivity index (χ0v) is 12.9. The van der Waals surface area contributed by atoms with Crippen molar-refractivity contribution in [3.8, 4) is 0 Å². The van der Waals surface area contributed by atoms with Crippen molar-refractivity contribution in [3.63, 3.8) is 0 Å². The first-order valence-corrected chi connectivity index (χ1v) is 6.36. The number of aryl methyl sites for hydroxylation is 1. The summed E-state index contributed by atoms with van der Waals surface area (Å²) in [5, 5.41) is 12.0. The standard InChI is InChI=1S/C14H14ClNO6/c1-7-4-8(13(18)19)10(5-9(7)15)16-11(14(20)22-3)6-12(17)21-2/h4-6,16H,1-3H3,(H,18,19)/b11-6+. The number of nitrogens with one attached hydrogen (secondary N) is 1. The molecule has 1 aromatic carbocycles. The van der Waals surface area contributed by atoms with E-state index in [-0.39, 0.29) is 16.9 Å². The number of benzene rings is 1. The lowest BCUT2D eigenvalue weighted by Gasteiger charge is -2.13. The minimum absolute atomic E-state index is 0.0450. The number of ether oxygens (including phenoxy) is 2. The minimum Gasteiger partial charge on any atom is -0.478 e. The van der Waals surface area contributed by atoms with Gasteiger partial charge in [-0.15, -0.1) is 0 Å². The predicted molar refractivity (Wildman–Crippen MR) is 78.9 cm³/mol. The van der Waals surface area contributed by atoms with Gasteiger partial charge < -0.3 is 19.9 Å². The van der Waals surface area contributed by atoms with Crippen LogP contribution in [0.15, 0.2) is 23.9 Å². The highest BCUT2D eigenvalue weighted by Crippen LogP contribution is 2.26. The fourth-order valence-corrected chi connectivity index (χ4v) is 1.70. The van der Waals surface area contributed by atoms with Crippen molar-refractivity contribution in [2.24, 2.45) is 0 Å². The van der Waals surface area contributed by atoms with E-state index in [0.29, 0.717) is 10.6 Å². The van der Waals surface area contributed by atoms with Crippen LogP contribution in [-0.4, -0.2) is 37.2 Å². The molecule has 2 N–H and O–H groups in total. The van der Waals surface area contributed by atoms with Gasteiger partial charge in [-0.2, -0.15) is 0 Å². The van der Waals surface area contributed by atoms with E-state index in [4.69, 9.17) is 11.6 Å². The Morgan fingerprint density at radius 2 is 1.86 bits per heavy atom. The van der Waals surface area contributed by atoms with Crippen LogP contribution in [0.5, 0.6) is 0 Å². The second-order valence-corrected chi connectivity index (χ2v) is 4.56. The van der Waals surface area contributed by atoms with Crippen LogP contribution in [0.2, 0.25) is 5.02 Å². The Morgan fingerprint density at radius 1 is 1.23 bits per heavy atom. The Morgan fingerprint density at radius 3 is 2.36 bits per heavy atom. The number of esters is 2. The largest absolute Gasteiger partial charge is 0.478 e. The number of aromatic carboxylic acids is 1. The molecular formula is C14H14ClNO6. The molecule has 0 heterocycles. The van der Waals surface area contributed by atoms with Crippen molar-refractivity contribution in [2.45, 2.75) is 6.92 Å². The third-order valence-corrected chi connectivity index (χ3v) is 3.07. The first-order valence-electron chi connectivity index (χ1n) is 5.98. The van der Waals surface area contributed by atoms with Crippen LogP contribution >= 0.6 is 11.6 Å². The van der Waals surface area contributed by atoms with Gasteiger partial charge in [-0.05, 0) is 24.6 Å². The smallest absolute Gasteiger partial charge is 0.354 e. The summed E-state index contributed by atoms with van der Waals surface area (Å²) in [5.41, 5.74) is 0.211. The number of carboxylic acids is 1. The number of anilines is 1. The third kappa shape index (κ3) is 4.23. The first kappa shape index (κ1) is 17.5.